The van der Waals surface area contributed by atoms with E-state index in [1.54, 1.807) is 0 Å². The first-order chi connectivity index (χ1) is 7.59. The molecule has 6 heteroatoms. The van der Waals surface area contributed by atoms with Crippen LogP contribution in [0.2, 0.25) is 5.02 Å². The molecule has 1 atom stereocenters. The van der Waals surface area contributed by atoms with Crippen LogP contribution in [0, 0.1) is 10.1 Å². The summed E-state index contributed by atoms with van der Waals surface area (Å²) in [5, 5.41) is 13.7. The molecule has 0 aliphatic heterocycles. The molecule has 0 heterocycles. The fourth-order valence-electron chi connectivity index (χ4n) is 1.32. The Bertz CT molecular complexity index is 360. The Morgan fingerprint density at radius 2 is 2.19 bits per heavy atom. The summed E-state index contributed by atoms with van der Waals surface area (Å²) in [6, 6.07) is 7.49. The molecule has 16 heavy (non-hydrogen) atoms. The number of nitrogens with two attached hydrogens (primary N) is 1. The molecule has 0 bridgehead atoms. The van der Waals surface area contributed by atoms with Crippen LogP contribution in [0.1, 0.15) is 5.56 Å². The first-order valence-corrected chi connectivity index (χ1v) is 5.31. The van der Waals surface area contributed by atoms with E-state index in [4.69, 9.17) is 17.3 Å². The number of nitrogens with zero attached hydrogens (tertiary/aromatic N) is 1. The van der Waals surface area contributed by atoms with E-state index in [0.29, 0.717) is 18.0 Å². The van der Waals surface area contributed by atoms with Crippen molar-refractivity contribution in [2.24, 2.45) is 5.73 Å². The molecule has 1 aromatic rings. The van der Waals surface area contributed by atoms with Crippen LogP contribution >= 0.6 is 11.6 Å². The number of hydrogen-bond acceptors (Lipinski definition) is 4. The first kappa shape index (κ1) is 12.9. The maximum absolute atomic E-state index is 10.2. The molecule has 88 valence electrons. The minimum Gasteiger partial charge on any atom is -0.310 e. The van der Waals surface area contributed by atoms with E-state index in [0.717, 1.165) is 5.56 Å². The molecule has 0 aliphatic rings. The highest BCUT2D eigenvalue weighted by Gasteiger charge is 2.08. The van der Waals surface area contributed by atoms with Crippen molar-refractivity contribution in [3.63, 3.8) is 0 Å². The summed E-state index contributed by atoms with van der Waals surface area (Å²) in [7, 11) is 0. The third-order valence-electron chi connectivity index (χ3n) is 2.10. The molecule has 0 spiro atoms. The van der Waals surface area contributed by atoms with Gasteiger partial charge in [0.2, 0.25) is 6.54 Å². The van der Waals surface area contributed by atoms with E-state index < -0.39 is 11.1 Å². The summed E-state index contributed by atoms with van der Waals surface area (Å²) in [4.78, 5) is 9.72. The highest BCUT2D eigenvalue weighted by molar-refractivity contribution is 6.31. The van der Waals surface area contributed by atoms with Crippen LogP contribution in [0.15, 0.2) is 24.3 Å². The van der Waals surface area contributed by atoms with Crippen molar-refractivity contribution in [1.82, 2.24) is 5.32 Å². The van der Waals surface area contributed by atoms with Gasteiger partial charge in [0.1, 0.15) is 6.17 Å². The number of hydrogen-bond donors (Lipinski definition) is 2. The van der Waals surface area contributed by atoms with E-state index in [1.165, 1.54) is 0 Å². The fraction of sp³-hybridized carbons (Fsp3) is 0.400. The van der Waals surface area contributed by atoms with Crippen molar-refractivity contribution in [2.45, 2.75) is 12.6 Å². The maximum atomic E-state index is 10.2. The highest BCUT2D eigenvalue weighted by atomic mass is 35.5. The Morgan fingerprint density at radius 1 is 1.50 bits per heavy atom. The molecule has 0 radical (unpaired) electrons. The topological polar surface area (TPSA) is 81.2 Å². The second-order valence-corrected chi connectivity index (χ2v) is 3.82. The lowest BCUT2D eigenvalue weighted by atomic mass is 10.1. The quantitative estimate of drug-likeness (QED) is 0.444. The maximum Gasteiger partial charge on any atom is 0.231 e. The second kappa shape index (κ2) is 6.42. The van der Waals surface area contributed by atoms with Crippen LogP contribution in [0.5, 0.6) is 0 Å². The van der Waals surface area contributed by atoms with Crippen LogP contribution in [0.4, 0.5) is 0 Å². The third-order valence-corrected chi connectivity index (χ3v) is 2.47. The van der Waals surface area contributed by atoms with E-state index in [-0.39, 0.29) is 6.54 Å². The van der Waals surface area contributed by atoms with Crippen molar-refractivity contribution in [3.05, 3.63) is 45.0 Å². The monoisotopic (exact) mass is 243 g/mol. The first-order valence-electron chi connectivity index (χ1n) is 4.94. The van der Waals surface area contributed by atoms with Gasteiger partial charge in [0.25, 0.3) is 0 Å². The molecular weight excluding hydrogens is 230 g/mol. The zero-order valence-corrected chi connectivity index (χ0v) is 9.48. The molecule has 1 aromatic carbocycles. The van der Waals surface area contributed by atoms with Crippen LogP contribution < -0.4 is 11.1 Å². The molecule has 5 nitrogen and oxygen atoms in total. The largest absolute Gasteiger partial charge is 0.310 e. The van der Waals surface area contributed by atoms with E-state index in [1.807, 2.05) is 24.3 Å². The Balaban J connectivity index is 2.30. The van der Waals surface area contributed by atoms with Crippen LogP contribution in [0.25, 0.3) is 0 Å². The summed E-state index contributed by atoms with van der Waals surface area (Å²) < 4.78 is 0. The van der Waals surface area contributed by atoms with Gasteiger partial charge in [0.15, 0.2) is 0 Å². The van der Waals surface area contributed by atoms with Gasteiger partial charge < -0.3 is 5.73 Å². The molecule has 0 saturated heterocycles. The molecule has 1 unspecified atom stereocenters. The standard InChI is InChI=1S/C10H14ClN3O2/c11-9-4-2-1-3-8(9)5-6-13-10(12)7-14(15)16/h1-4,10,13H,5-7,12H2. The lowest BCUT2D eigenvalue weighted by Gasteiger charge is -2.10. The van der Waals surface area contributed by atoms with E-state index in [2.05, 4.69) is 5.32 Å². The Hall–Kier alpha value is -1.17. The van der Waals surface area contributed by atoms with Crippen molar-refractivity contribution in [3.8, 4) is 0 Å². The summed E-state index contributed by atoms with van der Waals surface area (Å²) >= 11 is 5.96. The third kappa shape index (κ3) is 4.57. The number of rotatable bonds is 6. The molecule has 0 aromatic heterocycles. The smallest absolute Gasteiger partial charge is 0.231 e. The lowest BCUT2D eigenvalue weighted by Crippen LogP contribution is -2.43. The summed E-state index contributed by atoms with van der Waals surface area (Å²) in [5.74, 6) is 0. The van der Waals surface area contributed by atoms with Crippen LogP contribution in [-0.4, -0.2) is 24.2 Å². The summed E-state index contributed by atoms with van der Waals surface area (Å²) in [5.41, 5.74) is 6.50. The van der Waals surface area contributed by atoms with Gasteiger partial charge in [-0.1, -0.05) is 29.8 Å². The predicted molar refractivity (Wildman–Crippen MR) is 63.0 cm³/mol. The van der Waals surface area contributed by atoms with Gasteiger partial charge in [-0.25, -0.2) is 0 Å². The van der Waals surface area contributed by atoms with Crippen molar-refractivity contribution >= 4 is 11.6 Å². The van der Waals surface area contributed by atoms with Gasteiger partial charge >= 0.3 is 0 Å². The molecule has 1 rings (SSSR count). The zero-order valence-electron chi connectivity index (χ0n) is 8.73. The number of benzene rings is 1. The van der Waals surface area contributed by atoms with Gasteiger partial charge in [0.05, 0.1) is 0 Å². The van der Waals surface area contributed by atoms with Gasteiger partial charge in [-0.2, -0.15) is 0 Å². The van der Waals surface area contributed by atoms with Gasteiger partial charge in [-0.15, -0.1) is 0 Å². The van der Waals surface area contributed by atoms with Gasteiger partial charge in [0, 0.05) is 16.5 Å². The Labute approximate surface area is 98.7 Å². The van der Waals surface area contributed by atoms with Crippen molar-refractivity contribution in [2.75, 3.05) is 13.1 Å². The fourth-order valence-corrected chi connectivity index (χ4v) is 1.55. The average molecular weight is 244 g/mol. The van der Waals surface area contributed by atoms with Crippen molar-refractivity contribution < 1.29 is 4.92 Å². The Kier molecular flexibility index (Phi) is 5.18. The van der Waals surface area contributed by atoms with Gasteiger partial charge in [-0.05, 0) is 18.1 Å². The van der Waals surface area contributed by atoms with E-state index in [9.17, 15) is 10.1 Å². The number of nitrogens with one attached hydrogen (secondary N) is 1. The molecule has 3 N–H and O–H groups in total. The summed E-state index contributed by atoms with van der Waals surface area (Å²) in [6.45, 7) is 0.293. The second-order valence-electron chi connectivity index (χ2n) is 3.42. The van der Waals surface area contributed by atoms with Crippen molar-refractivity contribution in [1.29, 1.82) is 0 Å². The average Bonchev–Trinajstić information content (AvgIpc) is 2.19. The zero-order chi connectivity index (χ0) is 12.0. The molecule has 0 aliphatic carbocycles. The minimum absolute atomic E-state index is 0.275. The van der Waals surface area contributed by atoms with Crippen LogP contribution in [-0.2, 0) is 6.42 Å². The molecular formula is C10H14ClN3O2. The highest BCUT2D eigenvalue weighted by Crippen LogP contribution is 2.14. The molecule has 0 amide bonds. The number of halogens is 1. The lowest BCUT2D eigenvalue weighted by molar-refractivity contribution is -0.483. The molecule has 0 fully saturated rings. The minimum atomic E-state index is -0.613. The number of nitro groups is 1. The normalized spacial score (nSPS) is 12.4. The van der Waals surface area contributed by atoms with Crippen LogP contribution in [0.3, 0.4) is 0 Å². The Morgan fingerprint density at radius 3 is 2.81 bits per heavy atom. The predicted octanol–water partition coefficient (Wildman–Crippen LogP) is 1.03. The SMILES string of the molecule is NC(C[N+](=O)[O-])NCCc1ccccc1Cl. The van der Waals surface area contributed by atoms with E-state index >= 15 is 0 Å². The summed E-state index contributed by atoms with van der Waals surface area (Å²) in [6.07, 6.45) is 0.0861. The molecule has 0 saturated carbocycles. The van der Waals surface area contributed by atoms with Gasteiger partial charge in [-0.3, -0.25) is 15.4 Å².